The summed E-state index contributed by atoms with van der Waals surface area (Å²) >= 11 is 3.20. The second-order valence-electron chi connectivity index (χ2n) is 3.21. The van der Waals surface area contributed by atoms with Gasteiger partial charge in [0.15, 0.2) is 0 Å². The molecule has 0 aliphatic rings. The molecule has 76 valence electrons. The van der Waals surface area contributed by atoms with Crippen LogP contribution in [0.25, 0.3) is 0 Å². The lowest BCUT2D eigenvalue weighted by Crippen LogP contribution is -2.18. The van der Waals surface area contributed by atoms with E-state index in [0.29, 0.717) is 16.5 Å². The highest BCUT2D eigenvalue weighted by molar-refractivity contribution is 9.10. The molecule has 0 spiro atoms. The Bertz CT molecular complexity index is 353. The number of rotatable bonds is 3. The SMILES string of the molecule is C[C@@H](N)Cc1ccc(Br)cc1[N+](=O)[O-]. The van der Waals surface area contributed by atoms with E-state index in [2.05, 4.69) is 15.9 Å². The smallest absolute Gasteiger partial charge is 0.273 e. The van der Waals surface area contributed by atoms with Gasteiger partial charge in [0, 0.05) is 22.1 Å². The van der Waals surface area contributed by atoms with Gasteiger partial charge in [-0.2, -0.15) is 0 Å². The summed E-state index contributed by atoms with van der Waals surface area (Å²) in [5.74, 6) is 0. The van der Waals surface area contributed by atoms with Crippen LogP contribution in [-0.4, -0.2) is 11.0 Å². The van der Waals surface area contributed by atoms with Gasteiger partial charge in [0.05, 0.1) is 4.92 Å². The fourth-order valence-corrected chi connectivity index (χ4v) is 1.58. The summed E-state index contributed by atoms with van der Waals surface area (Å²) in [6, 6.07) is 4.93. The molecule has 4 nitrogen and oxygen atoms in total. The third kappa shape index (κ3) is 2.78. The van der Waals surface area contributed by atoms with Crippen LogP contribution in [0.15, 0.2) is 22.7 Å². The van der Waals surface area contributed by atoms with Gasteiger partial charge in [0.2, 0.25) is 0 Å². The zero-order valence-corrected chi connectivity index (χ0v) is 9.32. The van der Waals surface area contributed by atoms with E-state index in [9.17, 15) is 10.1 Å². The van der Waals surface area contributed by atoms with Crippen molar-refractivity contribution in [1.82, 2.24) is 0 Å². The quantitative estimate of drug-likeness (QED) is 0.668. The predicted molar refractivity (Wildman–Crippen MR) is 58.1 cm³/mol. The van der Waals surface area contributed by atoms with Gasteiger partial charge >= 0.3 is 0 Å². The van der Waals surface area contributed by atoms with E-state index < -0.39 is 0 Å². The Balaban J connectivity index is 3.08. The van der Waals surface area contributed by atoms with E-state index in [1.807, 2.05) is 6.92 Å². The summed E-state index contributed by atoms with van der Waals surface area (Å²) in [4.78, 5) is 10.3. The minimum atomic E-state index is -0.386. The molecule has 0 fully saturated rings. The molecule has 1 rings (SSSR count). The molecule has 1 aromatic carbocycles. The summed E-state index contributed by atoms with van der Waals surface area (Å²) in [5.41, 5.74) is 6.39. The molecular formula is C9H11BrN2O2. The summed E-state index contributed by atoms with van der Waals surface area (Å²) in [7, 11) is 0. The van der Waals surface area contributed by atoms with Gasteiger partial charge in [0.25, 0.3) is 5.69 Å². The van der Waals surface area contributed by atoms with Crippen LogP contribution in [0.5, 0.6) is 0 Å². The molecule has 0 aliphatic heterocycles. The molecule has 0 unspecified atom stereocenters. The van der Waals surface area contributed by atoms with Gasteiger partial charge in [-0.1, -0.05) is 22.0 Å². The number of nitrogens with two attached hydrogens (primary N) is 1. The van der Waals surface area contributed by atoms with Gasteiger partial charge in [-0.05, 0) is 19.4 Å². The topological polar surface area (TPSA) is 69.2 Å². The summed E-state index contributed by atoms with van der Waals surface area (Å²) in [5, 5.41) is 10.7. The number of benzene rings is 1. The first kappa shape index (κ1) is 11.1. The molecular weight excluding hydrogens is 248 g/mol. The average Bonchev–Trinajstić information content (AvgIpc) is 2.07. The highest BCUT2D eigenvalue weighted by atomic mass is 79.9. The molecule has 0 aliphatic carbocycles. The van der Waals surface area contributed by atoms with Gasteiger partial charge in [-0.25, -0.2) is 0 Å². The largest absolute Gasteiger partial charge is 0.328 e. The molecule has 0 bridgehead atoms. The monoisotopic (exact) mass is 258 g/mol. The minimum absolute atomic E-state index is 0.0742. The van der Waals surface area contributed by atoms with Crippen LogP contribution in [0.2, 0.25) is 0 Å². The molecule has 14 heavy (non-hydrogen) atoms. The van der Waals surface area contributed by atoms with Crippen molar-refractivity contribution in [3.63, 3.8) is 0 Å². The second kappa shape index (κ2) is 4.52. The Labute approximate surface area is 90.4 Å². The van der Waals surface area contributed by atoms with E-state index in [1.54, 1.807) is 12.1 Å². The van der Waals surface area contributed by atoms with Gasteiger partial charge in [0.1, 0.15) is 0 Å². The van der Waals surface area contributed by atoms with Crippen LogP contribution in [-0.2, 0) is 6.42 Å². The van der Waals surface area contributed by atoms with E-state index >= 15 is 0 Å². The van der Waals surface area contributed by atoms with E-state index in [4.69, 9.17) is 5.73 Å². The molecule has 1 atom stereocenters. The first-order chi connectivity index (χ1) is 6.50. The molecule has 0 radical (unpaired) electrons. The average molecular weight is 259 g/mol. The first-order valence-electron chi connectivity index (χ1n) is 4.19. The lowest BCUT2D eigenvalue weighted by molar-refractivity contribution is -0.385. The Morgan fingerprint density at radius 3 is 2.79 bits per heavy atom. The van der Waals surface area contributed by atoms with Crippen molar-refractivity contribution < 1.29 is 4.92 Å². The molecule has 2 N–H and O–H groups in total. The van der Waals surface area contributed by atoms with E-state index in [-0.39, 0.29) is 16.7 Å². The normalized spacial score (nSPS) is 12.5. The lowest BCUT2D eigenvalue weighted by Gasteiger charge is -2.05. The maximum absolute atomic E-state index is 10.7. The van der Waals surface area contributed by atoms with E-state index in [1.165, 1.54) is 6.07 Å². The van der Waals surface area contributed by atoms with Crippen LogP contribution in [0, 0.1) is 10.1 Å². The van der Waals surface area contributed by atoms with Crippen molar-refractivity contribution in [2.24, 2.45) is 5.73 Å². The highest BCUT2D eigenvalue weighted by Gasteiger charge is 2.14. The number of nitrogens with zero attached hydrogens (tertiary/aromatic N) is 1. The number of hydrogen-bond donors (Lipinski definition) is 1. The summed E-state index contributed by atoms with van der Waals surface area (Å²) < 4.78 is 0.706. The Morgan fingerprint density at radius 1 is 1.64 bits per heavy atom. The van der Waals surface area contributed by atoms with Crippen molar-refractivity contribution in [2.45, 2.75) is 19.4 Å². The number of halogens is 1. The van der Waals surface area contributed by atoms with Crippen LogP contribution in [0.4, 0.5) is 5.69 Å². The number of nitro groups is 1. The second-order valence-corrected chi connectivity index (χ2v) is 4.13. The maximum Gasteiger partial charge on any atom is 0.273 e. The third-order valence-electron chi connectivity index (χ3n) is 1.79. The molecule has 5 heteroatoms. The fourth-order valence-electron chi connectivity index (χ4n) is 1.23. The molecule has 0 saturated heterocycles. The zero-order valence-electron chi connectivity index (χ0n) is 7.74. The van der Waals surface area contributed by atoms with Crippen LogP contribution >= 0.6 is 15.9 Å². The van der Waals surface area contributed by atoms with Crippen molar-refractivity contribution in [3.05, 3.63) is 38.3 Å². The van der Waals surface area contributed by atoms with Crippen LogP contribution < -0.4 is 5.73 Å². The molecule has 0 heterocycles. The highest BCUT2D eigenvalue weighted by Crippen LogP contribution is 2.24. The zero-order chi connectivity index (χ0) is 10.7. The van der Waals surface area contributed by atoms with Crippen LogP contribution in [0.3, 0.4) is 0 Å². The van der Waals surface area contributed by atoms with Gasteiger partial charge in [-0.3, -0.25) is 10.1 Å². The van der Waals surface area contributed by atoms with Crippen molar-refractivity contribution >= 4 is 21.6 Å². The molecule has 0 saturated carbocycles. The Kier molecular flexibility index (Phi) is 3.60. The molecule has 0 aromatic heterocycles. The summed E-state index contributed by atoms with van der Waals surface area (Å²) in [6.07, 6.45) is 0.517. The lowest BCUT2D eigenvalue weighted by atomic mass is 10.1. The van der Waals surface area contributed by atoms with Crippen molar-refractivity contribution in [1.29, 1.82) is 0 Å². The fraction of sp³-hybridized carbons (Fsp3) is 0.333. The standard InChI is InChI=1S/C9H11BrN2O2/c1-6(11)4-7-2-3-8(10)5-9(7)12(13)14/h2-3,5-6H,4,11H2,1H3/t6-/m1/s1. The number of nitro benzene ring substituents is 1. The molecule has 1 aromatic rings. The third-order valence-corrected chi connectivity index (χ3v) is 2.28. The van der Waals surface area contributed by atoms with Crippen molar-refractivity contribution in [3.8, 4) is 0 Å². The minimum Gasteiger partial charge on any atom is -0.328 e. The van der Waals surface area contributed by atoms with E-state index in [0.717, 1.165) is 0 Å². The van der Waals surface area contributed by atoms with Gasteiger partial charge in [-0.15, -0.1) is 0 Å². The van der Waals surface area contributed by atoms with Crippen molar-refractivity contribution in [2.75, 3.05) is 0 Å². The molecule has 0 amide bonds. The Hall–Kier alpha value is -0.940. The van der Waals surface area contributed by atoms with Gasteiger partial charge < -0.3 is 5.73 Å². The number of hydrogen-bond acceptors (Lipinski definition) is 3. The maximum atomic E-state index is 10.7. The predicted octanol–water partition coefficient (Wildman–Crippen LogP) is 2.25. The Morgan fingerprint density at radius 2 is 2.29 bits per heavy atom. The summed E-state index contributed by atoms with van der Waals surface area (Å²) in [6.45, 7) is 1.83. The van der Waals surface area contributed by atoms with Crippen LogP contribution in [0.1, 0.15) is 12.5 Å². The first-order valence-corrected chi connectivity index (χ1v) is 4.98.